The molecule has 2 aliphatic rings. The summed E-state index contributed by atoms with van der Waals surface area (Å²) < 4.78 is 5.35. The van der Waals surface area contributed by atoms with E-state index in [4.69, 9.17) is 4.74 Å². The van der Waals surface area contributed by atoms with Gasteiger partial charge >= 0.3 is 0 Å². The molecule has 0 radical (unpaired) electrons. The number of hydrogen-bond donors (Lipinski definition) is 1. The number of nitrogens with zero attached hydrogens (tertiary/aromatic N) is 1. The van der Waals surface area contributed by atoms with E-state index in [0.717, 1.165) is 32.5 Å². The third kappa shape index (κ3) is 2.10. The standard InChI is InChI=1S/C11H18N2O/c1-14-11-4-7-13(8-5-11)10-3-2-6-12-9-10/h2-3,9,11-12H,4-8H2,1H3. The van der Waals surface area contributed by atoms with E-state index in [-0.39, 0.29) is 0 Å². The molecule has 14 heavy (non-hydrogen) atoms. The van der Waals surface area contributed by atoms with Crippen molar-refractivity contribution < 1.29 is 4.74 Å². The first-order valence-corrected chi connectivity index (χ1v) is 5.28. The number of ether oxygens (including phenoxy) is 1. The summed E-state index contributed by atoms with van der Waals surface area (Å²) in [5.74, 6) is 0. The fourth-order valence-electron chi connectivity index (χ4n) is 2.01. The molecule has 0 atom stereocenters. The van der Waals surface area contributed by atoms with Gasteiger partial charge < -0.3 is 15.0 Å². The van der Waals surface area contributed by atoms with Crippen molar-refractivity contribution in [3.63, 3.8) is 0 Å². The molecule has 0 spiro atoms. The molecule has 2 heterocycles. The quantitative estimate of drug-likeness (QED) is 0.712. The van der Waals surface area contributed by atoms with Crippen molar-refractivity contribution in [3.05, 3.63) is 24.0 Å². The Bertz CT molecular complexity index is 240. The molecular formula is C11H18N2O. The van der Waals surface area contributed by atoms with Crippen LogP contribution in [0.5, 0.6) is 0 Å². The van der Waals surface area contributed by atoms with Gasteiger partial charge in [-0.2, -0.15) is 0 Å². The molecule has 3 nitrogen and oxygen atoms in total. The number of allylic oxidation sites excluding steroid dienone is 1. The number of piperidine rings is 1. The van der Waals surface area contributed by atoms with Gasteiger partial charge in [-0.15, -0.1) is 0 Å². The summed E-state index contributed by atoms with van der Waals surface area (Å²) in [6.07, 6.45) is 9.21. The van der Waals surface area contributed by atoms with Crippen LogP contribution < -0.4 is 5.32 Å². The van der Waals surface area contributed by atoms with Gasteiger partial charge in [-0.3, -0.25) is 0 Å². The van der Waals surface area contributed by atoms with E-state index >= 15 is 0 Å². The molecule has 2 aliphatic heterocycles. The van der Waals surface area contributed by atoms with E-state index in [2.05, 4.69) is 28.6 Å². The molecule has 0 amide bonds. The Hall–Kier alpha value is -0.960. The lowest BCUT2D eigenvalue weighted by Crippen LogP contribution is -2.36. The van der Waals surface area contributed by atoms with Crippen molar-refractivity contribution in [2.45, 2.75) is 18.9 Å². The predicted molar refractivity (Wildman–Crippen MR) is 56.8 cm³/mol. The zero-order valence-corrected chi connectivity index (χ0v) is 8.70. The average Bonchev–Trinajstić information content (AvgIpc) is 2.30. The van der Waals surface area contributed by atoms with Crippen LogP contribution in [0.25, 0.3) is 0 Å². The van der Waals surface area contributed by atoms with Crippen LogP contribution in [0.3, 0.4) is 0 Å². The van der Waals surface area contributed by atoms with E-state index in [1.54, 1.807) is 0 Å². The highest BCUT2D eigenvalue weighted by atomic mass is 16.5. The Labute approximate surface area is 85.4 Å². The Morgan fingerprint density at radius 2 is 2.21 bits per heavy atom. The zero-order valence-electron chi connectivity index (χ0n) is 8.70. The first-order valence-electron chi connectivity index (χ1n) is 5.28. The molecule has 0 aromatic carbocycles. The number of nitrogens with one attached hydrogen (secondary N) is 1. The van der Waals surface area contributed by atoms with Gasteiger partial charge in [-0.05, 0) is 18.9 Å². The van der Waals surface area contributed by atoms with Crippen molar-refractivity contribution in [2.75, 3.05) is 26.7 Å². The van der Waals surface area contributed by atoms with Gasteiger partial charge in [0.25, 0.3) is 0 Å². The summed E-state index contributed by atoms with van der Waals surface area (Å²) in [5, 5.41) is 3.24. The normalized spacial score (nSPS) is 23.2. The largest absolute Gasteiger partial charge is 0.386 e. The van der Waals surface area contributed by atoms with Crippen LogP contribution in [-0.4, -0.2) is 37.7 Å². The third-order valence-electron chi connectivity index (χ3n) is 2.91. The SMILES string of the molecule is COC1CCN(C2=CNCC=C2)CC1. The van der Waals surface area contributed by atoms with E-state index < -0.39 is 0 Å². The molecule has 0 aliphatic carbocycles. The van der Waals surface area contributed by atoms with Crippen molar-refractivity contribution in [1.29, 1.82) is 0 Å². The van der Waals surface area contributed by atoms with Crippen LogP contribution in [0, 0.1) is 0 Å². The molecule has 3 heteroatoms. The molecule has 2 rings (SSSR count). The molecule has 0 aromatic heterocycles. The number of hydrogen-bond acceptors (Lipinski definition) is 3. The average molecular weight is 194 g/mol. The van der Waals surface area contributed by atoms with Gasteiger partial charge in [0, 0.05) is 32.9 Å². The van der Waals surface area contributed by atoms with Crippen LogP contribution in [-0.2, 0) is 4.74 Å². The topological polar surface area (TPSA) is 24.5 Å². The number of rotatable bonds is 2. The Balaban J connectivity index is 1.88. The molecule has 0 unspecified atom stereocenters. The molecule has 0 aromatic rings. The van der Waals surface area contributed by atoms with Crippen molar-refractivity contribution in [2.24, 2.45) is 0 Å². The summed E-state index contributed by atoms with van der Waals surface area (Å²) in [4.78, 5) is 2.41. The first-order chi connectivity index (χ1) is 6.90. The van der Waals surface area contributed by atoms with Crippen molar-refractivity contribution >= 4 is 0 Å². The third-order valence-corrected chi connectivity index (χ3v) is 2.91. The maximum Gasteiger partial charge on any atom is 0.0605 e. The van der Waals surface area contributed by atoms with E-state index in [0.29, 0.717) is 6.10 Å². The van der Waals surface area contributed by atoms with Gasteiger partial charge in [0.2, 0.25) is 0 Å². The molecule has 0 saturated carbocycles. The molecular weight excluding hydrogens is 176 g/mol. The number of likely N-dealkylation sites (tertiary alicyclic amines) is 1. The minimum Gasteiger partial charge on any atom is -0.386 e. The van der Waals surface area contributed by atoms with E-state index in [9.17, 15) is 0 Å². The van der Waals surface area contributed by atoms with Gasteiger partial charge in [-0.1, -0.05) is 6.08 Å². The van der Waals surface area contributed by atoms with Crippen LogP contribution in [0.4, 0.5) is 0 Å². The molecule has 0 bridgehead atoms. The van der Waals surface area contributed by atoms with Gasteiger partial charge in [0.15, 0.2) is 0 Å². The summed E-state index contributed by atoms with van der Waals surface area (Å²) in [6.45, 7) is 3.17. The fraction of sp³-hybridized carbons (Fsp3) is 0.636. The van der Waals surface area contributed by atoms with Crippen LogP contribution in [0.15, 0.2) is 24.0 Å². The highest BCUT2D eigenvalue weighted by molar-refractivity contribution is 5.21. The Kier molecular flexibility index (Phi) is 3.09. The second-order valence-electron chi connectivity index (χ2n) is 3.80. The second kappa shape index (κ2) is 4.51. The lowest BCUT2D eigenvalue weighted by atomic mass is 10.1. The van der Waals surface area contributed by atoms with Crippen LogP contribution in [0.1, 0.15) is 12.8 Å². The van der Waals surface area contributed by atoms with E-state index in [1.165, 1.54) is 5.70 Å². The molecule has 1 saturated heterocycles. The van der Waals surface area contributed by atoms with Crippen LogP contribution >= 0.6 is 0 Å². The summed E-state index contributed by atoms with van der Waals surface area (Å²) >= 11 is 0. The first kappa shape index (κ1) is 9.59. The lowest BCUT2D eigenvalue weighted by molar-refractivity contribution is 0.0510. The predicted octanol–water partition coefficient (Wildman–Crippen LogP) is 1.10. The van der Waals surface area contributed by atoms with E-state index in [1.807, 2.05) is 7.11 Å². The summed E-state index contributed by atoms with van der Waals surface area (Å²) in [6, 6.07) is 0. The highest BCUT2D eigenvalue weighted by Gasteiger charge is 2.19. The van der Waals surface area contributed by atoms with Crippen molar-refractivity contribution in [3.8, 4) is 0 Å². The smallest absolute Gasteiger partial charge is 0.0605 e. The zero-order chi connectivity index (χ0) is 9.80. The van der Waals surface area contributed by atoms with Gasteiger partial charge in [0.1, 0.15) is 0 Å². The summed E-state index contributed by atoms with van der Waals surface area (Å²) in [5.41, 5.74) is 1.31. The van der Waals surface area contributed by atoms with Gasteiger partial charge in [0.05, 0.1) is 11.8 Å². The molecule has 78 valence electrons. The Morgan fingerprint density at radius 3 is 2.79 bits per heavy atom. The highest BCUT2D eigenvalue weighted by Crippen LogP contribution is 2.18. The molecule has 1 N–H and O–H groups in total. The second-order valence-corrected chi connectivity index (χ2v) is 3.80. The minimum absolute atomic E-state index is 0.465. The monoisotopic (exact) mass is 194 g/mol. The number of dihydropyridines is 1. The molecule has 1 fully saturated rings. The minimum atomic E-state index is 0.465. The van der Waals surface area contributed by atoms with Gasteiger partial charge in [-0.25, -0.2) is 0 Å². The fourth-order valence-corrected chi connectivity index (χ4v) is 2.01. The Morgan fingerprint density at radius 1 is 1.43 bits per heavy atom. The summed E-state index contributed by atoms with van der Waals surface area (Å²) in [7, 11) is 1.81. The maximum atomic E-state index is 5.35. The maximum absolute atomic E-state index is 5.35. The van der Waals surface area contributed by atoms with Crippen molar-refractivity contribution in [1.82, 2.24) is 10.2 Å². The lowest BCUT2D eigenvalue weighted by Gasteiger charge is -2.34. The van der Waals surface area contributed by atoms with Crippen LogP contribution in [0.2, 0.25) is 0 Å². The number of methoxy groups -OCH3 is 1.